The second kappa shape index (κ2) is 6.65. The van der Waals surface area contributed by atoms with Crippen molar-refractivity contribution in [1.82, 2.24) is 5.32 Å². The Kier molecular flexibility index (Phi) is 4.65. The van der Waals surface area contributed by atoms with E-state index in [4.69, 9.17) is 9.47 Å². The fraction of sp³-hybridized carbons (Fsp3) is 0.696. The fourth-order valence-corrected chi connectivity index (χ4v) is 6.31. The number of benzene rings is 1. The van der Waals surface area contributed by atoms with Crippen LogP contribution in [0.3, 0.4) is 0 Å². The normalized spacial score (nSPS) is 35.6. The van der Waals surface area contributed by atoms with Gasteiger partial charge < -0.3 is 19.9 Å². The average molecular weight is 388 g/mol. The molecule has 3 fully saturated rings. The molecule has 3 aliphatic rings. The van der Waals surface area contributed by atoms with E-state index in [1.807, 2.05) is 26.0 Å². The molecule has 154 valence electrons. The molecule has 0 aromatic heterocycles. The third-order valence-corrected chi connectivity index (χ3v) is 7.85. The van der Waals surface area contributed by atoms with Gasteiger partial charge in [0.2, 0.25) is 5.91 Å². The number of rotatable bonds is 4. The van der Waals surface area contributed by atoms with E-state index in [9.17, 15) is 9.90 Å². The van der Waals surface area contributed by atoms with E-state index in [2.05, 4.69) is 19.2 Å². The zero-order chi connectivity index (χ0) is 20.3. The van der Waals surface area contributed by atoms with Crippen molar-refractivity contribution in [2.75, 3.05) is 13.7 Å². The van der Waals surface area contributed by atoms with Gasteiger partial charge in [0.1, 0.15) is 0 Å². The summed E-state index contributed by atoms with van der Waals surface area (Å²) in [6, 6.07) is 5.75. The summed E-state index contributed by atoms with van der Waals surface area (Å²) in [5.74, 6) is 1.68. The van der Waals surface area contributed by atoms with Crippen LogP contribution in [0, 0.1) is 28.6 Å². The maximum atomic E-state index is 12.6. The average Bonchev–Trinajstić information content (AvgIpc) is 3.14. The van der Waals surface area contributed by atoms with Crippen LogP contribution in [0.1, 0.15) is 58.6 Å². The largest absolute Gasteiger partial charge is 0.504 e. The molecular weight excluding hydrogens is 354 g/mol. The first kappa shape index (κ1) is 19.6. The van der Waals surface area contributed by atoms with Gasteiger partial charge in [-0.05, 0) is 59.6 Å². The number of phenols is 1. The minimum Gasteiger partial charge on any atom is -0.504 e. The van der Waals surface area contributed by atoms with Crippen LogP contribution in [0.4, 0.5) is 0 Å². The Hall–Kier alpha value is -1.75. The standard InChI is InChI=1S/C23H33NO4/c1-13(2)20(26)24-21-22(3,4)15-11-16-19(28-9-8-23(16,21)12-15)14-6-7-18(27-5)17(25)10-14/h6-7,10,13,15-16,19,21,25H,8-9,11-12H2,1-5H3,(H,24,26)/t15-,16-,19-,21+,23-/m1/s1. The van der Waals surface area contributed by atoms with Crippen LogP contribution in [-0.4, -0.2) is 30.8 Å². The van der Waals surface area contributed by atoms with Gasteiger partial charge in [-0.15, -0.1) is 0 Å². The summed E-state index contributed by atoms with van der Waals surface area (Å²) in [6.07, 6.45) is 3.19. The summed E-state index contributed by atoms with van der Waals surface area (Å²) in [6.45, 7) is 9.23. The number of carbonyl (C=O) groups is 1. The molecular formula is C23H33NO4. The van der Waals surface area contributed by atoms with Gasteiger partial charge in [0.25, 0.3) is 0 Å². The van der Waals surface area contributed by atoms with Gasteiger partial charge in [-0.2, -0.15) is 0 Å². The number of hydrogen-bond donors (Lipinski definition) is 2. The first-order valence-electron chi connectivity index (χ1n) is 10.5. The van der Waals surface area contributed by atoms with E-state index in [1.54, 1.807) is 13.2 Å². The molecule has 2 saturated carbocycles. The molecule has 1 aromatic rings. The van der Waals surface area contributed by atoms with Crippen molar-refractivity contribution >= 4 is 5.91 Å². The molecule has 1 spiro atoms. The van der Waals surface area contributed by atoms with Gasteiger partial charge in [-0.25, -0.2) is 0 Å². The second-order valence-corrected chi connectivity index (χ2v) is 9.87. The molecule has 1 amide bonds. The minimum atomic E-state index is -0.0508. The van der Waals surface area contributed by atoms with E-state index in [1.165, 1.54) is 0 Å². The van der Waals surface area contributed by atoms with Crippen molar-refractivity contribution in [3.05, 3.63) is 23.8 Å². The van der Waals surface area contributed by atoms with E-state index in [-0.39, 0.29) is 40.6 Å². The number of phenolic OH excluding ortho intramolecular Hbond substituents is 1. The maximum Gasteiger partial charge on any atom is 0.222 e. The molecule has 5 atom stereocenters. The maximum absolute atomic E-state index is 12.6. The Morgan fingerprint density at radius 3 is 2.75 bits per heavy atom. The molecule has 1 saturated heterocycles. The zero-order valence-corrected chi connectivity index (χ0v) is 17.6. The van der Waals surface area contributed by atoms with Crippen LogP contribution < -0.4 is 10.1 Å². The lowest BCUT2D eigenvalue weighted by Gasteiger charge is -2.53. The number of ether oxygens (including phenoxy) is 2. The lowest BCUT2D eigenvalue weighted by Crippen LogP contribution is -2.59. The Balaban J connectivity index is 1.68. The molecule has 5 nitrogen and oxygen atoms in total. The van der Waals surface area contributed by atoms with Crippen LogP contribution in [0.2, 0.25) is 0 Å². The molecule has 28 heavy (non-hydrogen) atoms. The van der Waals surface area contributed by atoms with Gasteiger partial charge in [0.05, 0.1) is 13.2 Å². The number of nitrogens with one attached hydrogen (secondary N) is 1. The number of carbonyl (C=O) groups excluding carboxylic acids is 1. The zero-order valence-electron chi connectivity index (χ0n) is 17.6. The lowest BCUT2D eigenvalue weighted by atomic mass is 9.58. The Bertz CT molecular complexity index is 774. The monoisotopic (exact) mass is 387 g/mol. The highest BCUT2D eigenvalue weighted by Crippen LogP contribution is 2.70. The first-order valence-corrected chi connectivity index (χ1v) is 10.5. The molecule has 5 heteroatoms. The van der Waals surface area contributed by atoms with Crippen molar-refractivity contribution < 1.29 is 19.4 Å². The molecule has 2 N–H and O–H groups in total. The van der Waals surface area contributed by atoms with Crippen molar-refractivity contribution in [3.8, 4) is 11.5 Å². The van der Waals surface area contributed by atoms with E-state index < -0.39 is 0 Å². The molecule has 2 aliphatic carbocycles. The highest BCUT2D eigenvalue weighted by atomic mass is 16.5. The smallest absolute Gasteiger partial charge is 0.222 e. The number of amides is 1. The molecule has 0 unspecified atom stereocenters. The summed E-state index contributed by atoms with van der Waals surface area (Å²) >= 11 is 0. The summed E-state index contributed by atoms with van der Waals surface area (Å²) in [4.78, 5) is 12.6. The van der Waals surface area contributed by atoms with Crippen LogP contribution in [0.25, 0.3) is 0 Å². The highest BCUT2D eigenvalue weighted by molar-refractivity contribution is 5.78. The van der Waals surface area contributed by atoms with E-state index in [0.717, 1.165) is 24.8 Å². The number of fused-ring (bicyclic) bond motifs is 1. The number of hydrogen-bond acceptors (Lipinski definition) is 4. The van der Waals surface area contributed by atoms with Crippen LogP contribution in [-0.2, 0) is 9.53 Å². The Morgan fingerprint density at radius 1 is 1.36 bits per heavy atom. The molecule has 1 heterocycles. The van der Waals surface area contributed by atoms with Crippen molar-refractivity contribution in [1.29, 1.82) is 0 Å². The molecule has 2 bridgehead atoms. The van der Waals surface area contributed by atoms with E-state index >= 15 is 0 Å². The summed E-state index contributed by atoms with van der Waals surface area (Å²) in [5, 5.41) is 13.7. The van der Waals surface area contributed by atoms with Crippen LogP contribution in [0.15, 0.2) is 18.2 Å². The van der Waals surface area contributed by atoms with Crippen LogP contribution >= 0.6 is 0 Å². The molecule has 1 aliphatic heterocycles. The van der Waals surface area contributed by atoms with Gasteiger partial charge >= 0.3 is 0 Å². The molecule has 4 rings (SSSR count). The third kappa shape index (κ3) is 2.73. The Morgan fingerprint density at radius 2 is 2.11 bits per heavy atom. The summed E-state index contributed by atoms with van der Waals surface area (Å²) < 4.78 is 11.5. The van der Waals surface area contributed by atoms with Gasteiger partial charge in [0.15, 0.2) is 11.5 Å². The minimum absolute atomic E-state index is 0.0149. The fourth-order valence-electron chi connectivity index (χ4n) is 6.31. The van der Waals surface area contributed by atoms with Crippen molar-refractivity contribution in [3.63, 3.8) is 0 Å². The topological polar surface area (TPSA) is 67.8 Å². The SMILES string of the molecule is COc1ccc([C@H]2OCC[C@@]34C[C@@H](C[C@H]23)C(C)(C)[C@@H]4NC(=O)C(C)C)cc1O. The number of methoxy groups -OCH3 is 1. The highest BCUT2D eigenvalue weighted by Gasteiger charge is 2.68. The summed E-state index contributed by atoms with van der Waals surface area (Å²) in [7, 11) is 1.56. The summed E-state index contributed by atoms with van der Waals surface area (Å²) in [5.41, 5.74) is 1.16. The Labute approximate surface area is 167 Å². The predicted octanol–water partition coefficient (Wildman–Crippen LogP) is 4.06. The second-order valence-electron chi connectivity index (χ2n) is 9.87. The number of aromatic hydroxyl groups is 1. The van der Waals surface area contributed by atoms with E-state index in [0.29, 0.717) is 24.2 Å². The quantitative estimate of drug-likeness (QED) is 0.818. The first-order chi connectivity index (χ1) is 13.2. The third-order valence-electron chi connectivity index (χ3n) is 7.85. The van der Waals surface area contributed by atoms with Gasteiger partial charge in [-0.3, -0.25) is 4.79 Å². The predicted molar refractivity (Wildman–Crippen MR) is 107 cm³/mol. The van der Waals surface area contributed by atoms with Crippen LogP contribution in [0.5, 0.6) is 11.5 Å². The van der Waals surface area contributed by atoms with Crippen molar-refractivity contribution in [2.24, 2.45) is 28.6 Å². The van der Waals surface area contributed by atoms with Gasteiger partial charge in [0, 0.05) is 18.6 Å². The molecule has 0 radical (unpaired) electrons. The molecule has 1 aromatic carbocycles. The van der Waals surface area contributed by atoms with Gasteiger partial charge in [-0.1, -0.05) is 33.8 Å². The lowest BCUT2D eigenvalue weighted by molar-refractivity contribution is -0.139. The van der Waals surface area contributed by atoms with Crippen molar-refractivity contribution in [2.45, 2.75) is 59.1 Å².